The van der Waals surface area contributed by atoms with Gasteiger partial charge in [0.05, 0.1) is 5.56 Å². The molecule has 3 rings (SSSR count). The molecular weight excluding hydrogens is 267 g/mol. The number of hydrogen-bond donors (Lipinski definition) is 1. The monoisotopic (exact) mass is 284 g/mol. The van der Waals surface area contributed by atoms with Crippen molar-refractivity contribution in [2.75, 3.05) is 18.8 Å². The standard InChI is InChI=1S/C17H17FN2O/c18-16-11-14(19)5-6-15(16)17(21)20-9-7-12-3-1-2-4-13(12)8-10-20/h1-6,11H,7-10,19H2. The highest BCUT2D eigenvalue weighted by atomic mass is 19.1. The normalized spacial score (nSPS) is 14.4. The molecule has 0 aliphatic carbocycles. The smallest absolute Gasteiger partial charge is 0.256 e. The summed E-state index contributed by atoms with van der Waals surface area (Å²) in [6, 6.07) is 12.4. The largest absolute Gasteiger partial charge is 0.399 e. The van der Waals surface area contributed by atoms with Crippen molar-refractivity contribution in [1.29, 1.82) is 0 Å². The fourth-order valence-corrected chi connectivity index (χ4v) is 2.75. The van der Waals surface area contributed by atoms with Gasteiger partial charge in [0.25, 0.3) is 5.91 Å². The molecule has 2 N–H and O–H groups in total. The molecule has 1 heterocycles. The number of nitrogens with two attached hydrogens (primary N) is 1. The first kappa shape index (κ1) is 13.6. The molecule has 21 heavy (non-hydrogen) atoms. The fourth-order valence-electron chi connectivity index (χ4n) is 2.75. The Morgan fingerprint density at radius 3 is 2.24 bits per heavy atom. The van der Waals surface area contributed by atoms with E-state index in [0.717, 1.165) is 12.8 Å². The summed E-state index contributed by atoms with van der Waals surface area (Å²) in [6.07, 6.45) is 1.61. The number of halogens is 1. The lowest BCUT2D eigenvalue weighted by molar-refractivity contribution is 0.0758. The third kappa shape index (κ3) is 2.75. The van der Waals surface area contributed by atoms with Crippen LogP contribution in [-0.4, -0.2) is 23.9 Å². The van der Waals surface area contributed by atoms with Crippen LogP contribution in [0.4, 0.5) is 10.1 Å². The van der Waals surface area contributed by atoms with Gasteiger partial charge in [0, 0.05) is 18.8 Å². The van der Waals surface area contributed by atoms with Gasteiger partial charge in [-0.3, -0.25) is 4.79 Å². The number of carbonyl (C=O) groups is 1. The number of fused-ring (bicyclic) bond motifs is 1. The van der Waals surface area contributed by atoms with Crippen LogP contribution in [0.1, 0.15) is 21.5 Å². The highest BCUT2D eigenvalue weighted by Gasteiger charge is 2.21. The second-order valence-corrected chi connectivity index (χ2v) is 5.30. The SMILES string of the molecule is Nc1ccc(C(=O)N2CCc3ccccc3CC2)c(F)c1. The summed E-state index contributed by atoms with van der Waals surface area (Å²) in [5.74, 6) is -0.818. The van der Waals surface area contributed by atoms with E-state index < -0.39 is 5.82 Å². The van der Waals surface area contributed by atoms with Crippen molar-refractivity contribution < 1.29 is 9.18 Å². The molecule has 0 bridgehead atoms. The molecule has 0 saturated heterocycles. The predicted octanol–water partition coefficient (Wildman–Crippen LogP) is 2.65. The van der Waals surface area contributed by atoms with Gasteiger partial charge < -0.3 is 10.6 Å². The minimum absolute atomic E-state index is 0.0927. The van der Waals surface area contributed by atoms with Crippen LogP contribution in [0.5, 0.6) is 0 Å². The Bertz CT molecular complexity index is 657. The van der Waals surface area contributed by atoms with E-state index in [-0.39, 0.29) is 11.5 Å². The number of rotatable bonds is 1. The topological polar surface area (TPSA) is 46.3 Å². The van der Waals surface area contributed by atoms with E-state index >= 15 is 0 Å². The lowest BCUT2D eigenvalue weighted by atomic mass is 10.0. The molecule has 108 valence electrons. The molecule has 4 heteroatoms. The Hall–Kier alpha value is -2.36. The maximum absolute atomic E-state index is 13.9. The Kier molecular flexibility index (Phi) is 3.60. The summed E-state index contributed by atoms with van der Waals surface area (Å²) in [5.41, 5.74) is 8.48. The number of anilines is 1. The van der Waals surface area contributed by atoms with Crippen molar-refractivity contribution in [1.82, 2.24) is 4.90 Å². The van der Waals surface area contributed by atoms with Crippen LogP contribution in [0.3, 0.4) is 0 Å². The number of nitrogen functional groups attached to an aromatic ring is 1. The average molecular weight is 284 g/mol. The summed E-state index contributed by atoms with van der Waals surface area (Å²) in [7, 11) is 0. The fraction of sp³-hybridized carbons (Fsp3) is 0.235. The minimum atomic E-state index is -0.554. The van der Waals surface area contributed by atoms with E-state index in [2.05, 4.69) is 12.1 Å². The highest BCUT2D eigenvalue weighted by Crippen LogP contribution is 2.19. The molecule has 2 aromatic carbocycles. The van der Waals surface area contributed by atoms with Gasteiger partial charge in [-0.25, -0.2) is 4.39 Å². The van der Waals surface area contributed by atoms with E-state index in [4.69, 9.17) is 5.73 Å². The van der Waals surface area contributed by atoms with Crippen molar-refractivity contribution in [3.8, 4) is 0 Å². The van der Waals surface area contributed by atoms with Gasteiger partial charge in [0.15, 0.2) is 0 Å². The highest BCUT2D eigenvalue weighted by molar-refractivity contribution is 5.94. The molecule has 1 amide bonds. The Balaban J connectivity index is 1.81. The van der Waals surface area contributed by atoms with Gasteiger partial charge in [-0.1, -0.05) is 24.3 Å². The van der Waals surface area contributed by atoms with Crippen LogP contribution in [-0.2, 0) is 12.8 Å². The molecule has 0 atom stereocenters. The van der Waals surface area contributed by atoms with Crippen LogP contribution in [0.2, 0.25) is 0 Å². The zero-order valence-corrected chi connectivity index (χ0v) is 11.7. The summed E-state index contributed by atoms with van der Waals surface area (Å²) < 4.78 is 13.9. The van der Waals surface area contributed by atoms with E-state index in [9.17, 15) is 9.18 Å². The first-order valence-electron chi connectivity index (χ1n) is 7.06. The minimum Gasteiger partial charge on any atom is -0.399 e. The van der Waals surface area contributed by atoms with Gasteiger partial charge in [-0.2, -0.15) is 0 Å². The van der Waals surface area contributed by atoms with Crippen molar-refractivity contribution in [2.24, 2.45) is 0 Å². The molecule has 0 fully saturated rings. The second-order valence-electron chi connectivity index (χ2n) is 5.30. The van der Waals surface area contributed by atoms with E-state index in [1.807, 2.05) is 12.1 Å². The summed E-state index contributed by atoms with van der Waals surface area (Å²) in [6.45, 7) is 1.22. The molecule has 0 radical (unpaired) electrons. The van der Waals surface area contributed by atoms with Crippen LogP contribution in [0.15, 0.2) is 42.5 Å². The van der Waals surface area contributed by atoms with Crippen molar-refractivity contribution in [2.45, 2.75) is 12.8 Å². The quantitative estimate of drug-likeness (QED) is 0.818. The lowest BCUT2D eigenvalue weighted by Crippen LogP contribution is -2.33. The van der Waals surface area contributed by atoms with E-state index in [1.54, 1.807) is 11.0 Å². The Labute approximate surface area is 123 Å². The number of hydrogen-bond acceptors (Lipinski definition) is 2. The molecule has 1 aliphatic rings. The average Bonchev–Trinajstić information content (AvgIpc) is 2.69. The molecule has 0 unspecified atom stereocenters. The molecule has 3 nitrogen and oxygen atoms in total. The number of benzene rings is 2. The van der Waals surface area contributed by atoms with E-state index in [0.29, 0.717) is 18.8 Å². The van der Waals surface area contributed by atoms with Gasteiger partial charge in [0.1, 0.15) is 5.82 Å². The molecule has 1 aliphatic heterocycles. The van der Waals surface area contributed by atoms with E-state index in [1.165, 1.54) is 23.3 Å². The van der Waals surface area contributed by atoms with Gasteiger partial charge in [0.2, 0.25) is 0 Å². The first-order valence-corrected chi connectivity index (χ1v) is 7.06. The third-order valence-corrected chi connectivity index (χ3v) is 3.93. The third-order valence-electron chi connectivity index (χ3n) is 3.93. The Morgan fingerprint density at radius 1 is 1.05 bits per heavy atom. The number of amides is 1. The van der Waals surface area contributed by atoms with Crippen LogP contribution >= 0.6 is 0 Å². The number of carbonyl (C=O) groups excluding carboxylic acids is 1. The van der Waals surface area contributed by atoms with Crippen molar-refractivity contribution in [3.63, 3.8) is 0 Å². The molecule has 2 aromatic rings. The molecular formula is C17H17FN2O. The first-order chi connectivity index (χ1) is 10.1. The molecule has 0 spiro atoms. The summed E-state index contributed by atoms with van der Waals surface area (Å²) >= 11 is 0. The summed E-state index contributed by atoms with van der Waals surface area (Å²) in [5, 5.41) is 0. The lowest BCUT2D eigenvalue weighted by Gasteiger charge is -2.20. The van der Waals surface area contributed by atoms with Gasteiger partial charge >= 0.3 is 0 Å². The predicted molar refractivity (Wildman–Crippen MR) is 80.6 cm³/mol. The van der Waals surface area contributed by atoms with Crippen molar-refractivity contribution in [3.05, 3.63) is 65.0 Å². The van der Waals surface area contributed by atoms with Crippen LogP contribution < -0.4 is 5.73 Å². The number of nitrogens with zero attached hydrogens (tertiary/aromatic N) is 1. The van der Waals surface area contributed by atoms with Crippen molar-refractivity contribution >= 4 is 11.6 Å². The Morgan fingerprint density at radius 2 is 1.67 bits per heavy atom. The second kappa shape index (κ2) is 5.56. The van der Waals surface area contributed by atoms with Crippen LogP contribution in [0, 0.1) is 5.82 Å². The van der Waals surface area contributed by atoms with Gasteiger partial charge in [-0.05, 0) is 42.2 Å². The van der Waals surface area contributed by atoms with Gasteiger partial charge in [-0.15, -0.1) is 0 Å². The zero-order valence-electron chi connectivity index (χ0n) is 11.7. The maximum Gasteiger partial charge on any atom is 0.256 e. The van der Waals surface area contributed by atoms with Crippen LogP contribution in [0.25, 0.3) is 0 Å². The summed E-state index contributed by atoms with van der Waals surface area (Å²) in [4.78, 5) is 14.2. The molecule has 0 aromatic heterocycles. The maximum atomic E-state index is 13.9. The zero-order chi connectivity index (χ0) is 14.8. The molecule has 0 saturated carbocycles.